The maximum Gasteiger partial charge on any atom is 0.340 e. The third-order valence-electron chi connectivity index (χ3n) is 4.37. The summed E-state index contributed by atoms with van der Waals surface area (Å²) in [6, 6.07) is 22.7. The van der Waals surface area contributed by atoms with Crippen molar-refractivity contribution >= 4 is 23.5 Å². The largest absolute Gasteiger partial charge is 0.452 e. The smallest absolute Gasteiger partial charge is 0.340 e. The van der Waals surface area contributed by atoms with E-state index in [0.29, 0.717) is 19.5 Å². The van der Waals surface area contributed by atoms with Crippen LogP contribution >= 0.6 is 11.6 Å². The summed E-state index contributed by atoms with van der Waals surface area (Å²) < 4.78 is 5.19. The highest BCUT2D eigenvalue weighted by molar-refractivity contribution is 6.29. The van der Waals surface area contributed by atoms with Crippen LogP contribution in [0.5, 0.6) is 0 Å². The van der Waals surface area contributed by atoms with Gasteiger partial charge in [0.25, 0.3) is 5.91 Å². The number of ether oxygens (including phenoxy) is 1. The Kier molecular flexibility index (Phi) is 7.36. The summed E-state index contributed by atoms with van der Waals surface area (Å²) in [5.74, 6) is -0.856. The van der Waals surface area contributed by atoms with E-state index in [1.807, 2.05) is 60.7 Å². The van der Waals surface area contributed by atoms with E-state index in [1.165, 1.54) is 18.3 Å². The minimum absolute atomic E-state index is 0.250. The number of hydrogen-bond donors (Lipinski definition) is 0. The molecule has 3 rings (SSSR count). The van der Waals surface area contributed by atoms with Crippen molar-refractivity contribution in [3.63, 3.8) is 0 Å². The van der Waals surface area contributed by atoms with Crippen LogP contribution in [-0.2, 0) is 22.5 Å². The fourth-order valence-corrected chi connectivity index (χ4v) is 2.91. The molecule has 1 aromatic heterocycles. The number of esters is 1. The van der Waals surface area contributed by atoms with E-state index in [1.54, 1.807) is 4.90 Å². The Morgan fingerprint density at radius 2 is 1.55 bits per heavy atom. The van der Waals surface area contributed by atoms with Gasteiger partial charge >= 0.3 is 5.97 Å². The monoisotopic (exact) mass is 408 g/mol. The van der Waals surface area contributed by atoms with Crippen molar-refractivity contribution < 1.29 is 14.3 Å². The Hall–Kier alpha value is -3.18. The van der Waals surface area contributed by atoms with Crippen molar-refractivity contribution in [3.05, 3.63) is 101 Å². The van der Waals surface area contributed by atoms with E-state index in [-0.39, 0.29) is 23.2 Å². The molecule has 0 aliphatic rings. The number of nitrogens with zero attached hydrogens (tertiary/aromatic N) is 2. The SMILES string of the molecule is O=C(OCC(=O)N(CCc1ccccc1)Cc1ccccc1)c1ccc(Cl)nc1. The van der Waals surface area contributed by atoms with Crippen molar-refractivity contribution in [2.45, 2.75) is 13.0 Å². The zero-order chi connectivity index (χ0) is 20.5. The first kappa shape index (κ1) is 20.6. The minimum atomic E-state index is -0.606. The molecule has 5 nitrogen and oxygen atoms in total. The van der Waals surface area contributed by atoms with Crippen LogP contribution in [0.15, 0.2) is 79.0 Å². The van der Waals surface area contributed by atoms with Crippen LogP contribution < -0.4 is 0 Å². The third kappa shape index (κ3) is 6.43. The van der Waals surface area contributed by atoms with Crippen molar-refractivity contribution in [1.29, 1.82) is 0 Å². The molecule has 0 saturated heterocycles. The second-order valence-corrected chi connectivity index (χ2v) is 6.87. The summed E-state index contributed by atoms with van der Waals surface area (Å²) in [6.07, 6.45) is 2.04. The highest BCUT2D eigenvalue weighted by Crippen LogP contribution is 2.10. The number of amides is 1. The van der Waals surface area contributed by atoms with Gasteiger partial charge in [0.2, 0.25) is 0 Å². The van der Waals surface area contributed by atoms with Crippen molar-refractivity contribution in [2.75, 3.05) is 13.2 Å². The Morgan fingerprint density at radius 3 is 2.17 bits per heavy atom. The Morgan fingerprint density at radius 1 is 0.897 bits per heavy atom. The quantitative estimate of drug-likeness (QED) is 0.414. The molecule has 6 heteroatoms. The van der Waals surface area contributed by atoms with Gasteiger partial charge in [-0.05, 0) is 29.7 Å². The number of pyridine rings is 1. The van der Waals surface area contributed by atoms with Gasteiger partial charge in [-0.25, -0.2) is 9.78 Å². The Labute approximate surface area is 174 Å². The van der Waals surface area contributed by atoms with E-state index < -0.39 is 5.97 Å². The Balaban J connectivity index is 1.62. The fraction of sp³-hybridized carbons (Fsp3) is 0.174. The number of carbonyl (C=O) groups excluding carboxylic acids is 2. The van der Waals surface area contributed by atoms with Crippen molar-refractivity contribution in [1.82, 2.24) is 9.88 Å². The van der Waals surface area contributed by atoms with Crippen LogP contribution in [0.25, 0.3) is 0 Å². The molecule has 0 unspecified atom stereocenters. The maximum atomic E-state index is 12.8. The van der Waals surface area contributed by atoms with E-state index in [2.05, 4.69) is 4.98 Å². The molecule has 0 aliphatic heterocycles. The first-order valence-corrected chi connectivity index (χ1v) is 9.64. The molecule has 0 bridgehead atoms. The lowest BCUT2D eigenvalue weighted by molar-refractivity contribution is -0.135. The van der Waals surface area contributed by atoms with Crippen molar-refractivity contribution in [2.24, 2.45) is 0 Å². The molecule has 0 N–H and O–H groups in total. The van der Waals surface area contributed by atoms with E-state index in [9.17, 15) is 9.59 Å². The summed E-state index contributed by atoms with van der Waals surface area (Å²) in [4.78, 5) is 30.5. The number of carbonyl (C=O) groups is 2. The van der Waals surface area contributed by atoms with Gasteiger partial charge in [-0.15, -0.1) is 0 Å². The highest BCUT2D eigenvalue weighted by atomic mass is 35.5. The lowest BCUT2D eigenvalue weighted by atomic mass is 10.1. The number of aromatic nitrogens is 1. The molecule has 0 aliphatic carbocycles. The van der Waals surface area contributed by atoms with Gasteiger partial charge in [0, 0.05) is 19.3 Å². The lowest BCUT2D eigenvalue weighted by Gasteiger charge is -2.23. The molecule has 0 fully saturated rings. The number of hydrogen-bond acceptors (Lipinski definition) is 4. The van der Waals surface area contributed by atoms with Crippen LogP contribution in [0.3, 0.4) is 0 Å². The molecule has 0 atom stereocenters. The number of halogens is 1. The van der Waals surface area contributed by atoms with Crippen LogP contribution in [-0.4, -0.2) is 34.9 Å². The molecule has 2 aromatic carbocycles. The standard InChI is InChI=1S/C23H21ClN2O3/c24-21-12-11-20(15-25-21)23(28)29-17-22(27)26(16-19-9-5-2-6-10-19)14-13-18-7-3-1-4-8-18/h1-12,15H,13-14,16-17H2. The van der Waals surface area contributed by atoms with Gasteiger partial charge in [-0.2, -0.15) is 0 Å². The zero-order valence-corrected chi connectivity index (χ0v) is 16.6. The van der Waals surface area contributed by atoms with Crippen LogP contribution in [0.2, 0.25) is 5.15 Å². The summed E-state index contributed by atoms with van der Waals surface area (Å²) in [5, 5.41) is 0.285. The molecular weight excluding hydrogens is 388 g/mol. The summed E-state index contributed by atoms with van der Waals surface area (Å²) in [5.41, 5.74) is 2.41. The van der Waals surface area contributed by atoms with Crippen molar-refractivity contribution in [3.8, 4) is 0 Å². The molecular formula is C23H21ClN2O3. The van der Waals surface area contributed by atoms with Crippen LogP contribution in [0.4, 0.5) is 0 Å². The van der Waals surface area contributed by atoms with Gasteiger partial charge < -0.3 is 9.64 Å². The maximum absolute atomic E-state index is 12.8. The molecule has 0 spiro atoms. The molecule has 29 heavy (non-hydrogen) atoms. The predicted molar refractivity (Wildman–Crippen MR) is 112 cm³/mol. The van der Waals surface area contributed by atoms with E-state index >= 15 is 0 Å². The van der Waals surface area contributed by atoms with E-state index in [4.69, 9.17) is 16.3 Å². The second kappa shape index (κ2) is 10.4. The third-order valence-corrected chi connectivity index (χ3v) is 4.60. The van der Waals surface area contributed by atoms with Gasteiger partial charge in [-0.1, -0.05) is 72.3 Å². The summed E-state index contributed by atoms with van der Waals surface area (Å²) >= 11 is 5.72. The average molecular weight is 409 g/mol. The molecule has 148 valence electrons. The molecule has 0 saturated carbocycles. The molecule has 3 aromatic rings. The average Bonchev–Trinajstić information content (AvgIpc) is 2.76. The molecule has 1 heterocycles. The normalized spacial score (nSPS) is 10.4. The van der Waals surface area contributed by atoms with Crippen LogP contribution in [0, 0.1) is 0 Å². The van der Waals surface area contributed by atoms with Crippen LogP contribution in [0.1, 0.15) is 21.5 Å². The predicted octanol–water partition coefficient (Wildman–Crippen LogP) is 4.16. The topological polar surface area (TPSA) is 59.5 Å². The zero-order valence-electron chi connectivity index (χ0n) is 15.8. The first-order valence-electron chi connectivity index (χ1n) is 9.26. The fourth-order valence-electron chi connectivity index (χ4n) is 2.80. The number of benzene rings is 2. The first-order chi connectivity index (χ1) is 14.1. The summed E-state index contributed by atoms with van der Waals surface area (Å²) in [6.45, 7) is 0.646. The second-order valence-electron chi connectivity index (χ2n) is 6.48. The van der Waals surface area contributed by atoms with E-state index in [0.717, 1.165) is 11.1 Å². The molecule has 0 radical (unpaired) electrons. The minimum Gasteiger partial charge on any atom is -0.452 e. The molecule has 1 amide bonds. The summed E-state index contributed by atoms with van der Waals surface area (Å²) in [7, 11) is 0. The van der Waals surface area contributed by atoms with Gasteiger partial charge in [0.1, 0.15) is 5.15 Å². The lowest BCUT2D eigenvalue weighted by Crippen LogP contribution is -2.35. The Bertz CT molecular complexity index is 931. The van der Waals surface area contributed by atoms with Gasteiger partial charge in [0.05, 0.1) is 5.56 Å². The van der Waals surface area contributed by atoms with Gasteiger partial charge in [0.15, 0.2) is 6.61 Å². The number of rotatable bonds is 8. The highest BCUT2D eigenvalue weighted by Gasteiger charge is 2.17. The van der Waals surface area contributed by atoms with Gasteiger partial charge in [-0.3, -0.25) is 4.79 Å².